The molecule has 3 N–H and O–H groups in total. The number of allylic oxidation sites excluding steroid dienone is 2. The largest absolute Gasteiger partial charge is 0.481 e. The van der Waals surface area contributed by atoms with Crippen LogP contribution in [0.5, 0.6) is 5.75 Å². The summed E-state index contributed by atoms with van der Waals surface area (Å²) < 4.78 is 11.4. The number of unbranched alkanes of at least 4 members (excludes halogenated alkanes) is 1. The van der Waals surface area contributed by atoms with Gasteiger partial charge in [-0.05, 0) is 44.1 Å². The number of fused-ring (bicyclic) bond motifs is 1. The standard InChI is InChI=1S/C23H30O7/c24-18(23-29-14-15-7-5-6-9-21(15)30-23)12-11-17-16(19(25)13-20(17)26)8-3-1-2-4-10-22(27)28/h1,3,5-7,9,16-18,20,23-24,26H,2,4,8,10-14H2,(H,27,28)/t16-,17-,18+,20-,23-/m1/s1. The van der Waals surface area contributed by atoms with E-state index in [9.17, 15) is 19.8 Å². The number of rotatable bonds is 10. The fourth-order valence-electron chi connectivity index (χ4n) is 4.21. The molecule has 1 aromatic rings. The summed E-state index contributed by atoms with van der Waals surface area (Å²) in [5.41, 5.74) is 0.938. The maximum absolute atomic E-state index is 12.3. The minimum atomic E-state index is -0.853. The molecule has 0 amide bonds. The van der Waals surface area contributed by atoms with Crippen LogP contribution in [0, 0.1) is 11.8 Å². The maximum Gasteiger partial charge on any atom is 0.303 e. The number of benzene rings is 1. The molecule has 0 spiro atoms. The van der Waals surface area contributed by atoms with Crippen molar-refractivity contribution in [3.05, 3.63) is 42.0 Å². The van der Waals surface area contributed by atoms with Gasteiger partial charge in [0, 0.05) is 24.3 Å². The Labute approximate surface area is 176 Å². The van der Waals surface area contributed by atoms with Crippen LogP contribution in [0.3, 0.4) is 0 Å². The molecule has 30 heavy (non-hydrogen) atoms. The summed E-state index contributed by atoms with van der Waals surface area (Å²) in [6.45, 7) is 0.373. The van der Waals surface area contributed by atoms with Gasteiger partial charge < -0.3 is 24.8 Å². The zero-order valence-corrected chi connectivity index (χ0v) is 17.0. The van der Waals surface area contributed by atoms with E-state index in [0.29, 0.717) is 44.5 Å². The van der Waals surface area contributed by atoms with Crippen LogP contribution in [-0.2, 0) is 20.9 Å². The van der Waals surface area contributed by atoms with Gasteiger partial charge >= 0.3 is 5.97 Å². The quantitative estimate of drug-likeness (QED) is 0.395. The van der Waals surface area contributed by atoms with Crippen LogP contribution in [0.2, 0.25) is 0 Å². The van der Waals surface area contributed by atoms with Gasteiger partial charge in [0.25, 0.3) is 0 Å². The number of aliphatic carboxylic acids is 1. The summed E-state index contributed by atoms with van der Waals surface area (Å²) in [6.07, 6.45) is 4.34. The number of Topliss-reactive ketones (excluding diaryl/α,β-unsaturated/α-hetero) is 1. The van der Waals surface area contributed by atoms with Crippen LogP contribution in [-0.4, -0.2) is 45.6 Å². The molecule has 1 aliphatic heterocycles. The predicted octanol–water partition coefficient (Wildman–Crippen LogP) is 2.83. The molecule has 1 saturated carbocycles. The molecule has 164 valence electrons. The normalized spacial score (nSPS) is 27.1. The van der Waals surface area contributed by atoms with E-state index < -0.39 is 24.5 Å². The molecular formula is C23H30O7. The van der Waals surface area contributed by atoms with E-state index in [4.69, 9.17) is 14.6 Å². The second kappa shape index (κ2) is 10.7. The third kappa shape index (κ3) is 5.90. The summed E-state index contributed by atoms with van der Waals surface area (Å²) in [5, 5.41) is 29.5. The van der Waals surface area contributed by atoms with Gasteiger partial charge in [0.1, 0.15) is 17.6 Å². The molecule has 0 aromatic heterocycles. The van der Waals surface area contributed by atoms with Crippen molar-refractivity contribution in [2.45, 2.75) is 70.1 Å². The summed E-state index contributed by atoms with van der Waals surface area (Å²) in [5.74, 6) is -0.569. The lowest BCUT2D eigenvalue weighted by Gasteiger charge is -2.30. The van der Waals surface area contributed by atoms with Gasteiger partial charge in [0.05, 0.1) is 12.7 Å². The lowest BCUT2D eigenvalue weighted by molar-refractivity contribution is -0.168. The van der Waals surface area contributed by atoms with Crippen molar-refractivity contribution in [3.8, 4) is 5.75 Å². The number of hydrogen-bond donors (Lipinski definition) is 3. The molecule has 2 aliphatic rings. The fraction of sp³-hybridized carbons (Fsp3) is 0.565. The number of hydrogen-bond acceptors (Lipinski definition) is 6. The molecule has 1 aliphatic carbocycles. The molecule has 5 atom stereocenters. The van der Waals surface area contributed by atoms with E-state index in [1.54, 1.807) is 0 Å². The molecule has 7 heteroatoms. The zero-order valence-electron chi connectivity index (χ0n) is 17.0. The summed E-state index contributed by atoms with van der Waals surface area (Å²) in [7, 11) is 0. The Balaban J connectivity index is 1.48. The van der Waals surface area contributed by atoms with Crippen LogP contribution in [0.4, 0.5) is 0 Å². The second-order valence-corrected chi connectivity index (χ2v) is 8.05. The van der Waals surface area contributed by atoms with E-state index in [2.05, 4.69) is 0 Å². The number of ether oxygens (including phenoxy) is 2. The average Bonchev–Trinajstić information content (AvgIpc) is 3.00. The Morgan fingerprint density at radius 3 is 2.87 bits per heavy atom. The fourth-order valence-corrected chi connectivity index (χ4v) is 4.21. The Morgan fingerprint density at radius 1 is 1.27 bits per heavy atom. The molecule has 1 fully saturated rings. The minimum Gasteiger partial charge on any atom is -0.481 e. The van der Waals surface area contributed by atoms with Crippen molar-refractivity contribution in [3.63, 3.8) is 0 Å². The smallest absolute Gasteiger partial charge is 0.303 e. The molecule has 7 nitrogen and oxygen atoms in total. The minimum absolute atomic E-state index is 0.0382. The SMILES string of the molecule is O=C(O)CCCC=CC[C@H]1C(=O)C[C@@H](O)[C@@H]1CC[C@H](O)[C@@H]1OCc2ccccc2O1. The third-order valence-electron chi connectivity index (χ3n) is 5.88. The predicted molar refractivity (Wildman–Crippen MR) is 109 cm³/mol. The average molecular weight is 418 g/mol. The van der Waals surface area contributed by atoms with E-state index in [1.807, 2.05) is 36.4 Å². The van der Waals surface area contributed by atoms with Gasteiger partial charge in [0.2, 0.25) is 6.29 Å². The first kappa shape index (κ1) is 22.5. The number of aliphatic hydroxyl groups excluding tert-OH is 2. The molecular weight excluding hydrogens is 388 g/mol. The van der Waals surface area contributed by atoms with Gasteiger partial charge in [-0.2, -0.15) is 0 Å². The molecule has 1 heterocycles. The lowest BCUT2D eigenvalue weighted by Crippen LogP contribution is -2.37. The Morgan fingerprint density at radius 2 is 2.07 bits per heavy atom. The highest BCUT2D eigenvalue weighted by atomic mass is 16.7. The number of carboxylic acids is 1. The Hall–Kier alpha value is -2.22. The monoisotopic (exact) mass is 418 g/mol. The molecule has 3 rings (SSSR count). The summed E-state index contributed by atoms with van der Waals surface area (Å²) in [4.78, 5) is 22.8. The van der Waals surface area contributed by atoms with Crippen molar-refractivity contribution in [1.29, 1.82) is 0 Å². The van der Waals surface area contributed by atoms with Crippen molar-refractivity contribution < 1.29 is 34.4 Å². The zero-order chi connectivity index (χ0) is 21.5. The van der Waals surface area contributed by atoms with Crippen LogP contribution in [0.25, 0.3) is 0 Å². The van der Waals surface area contributed by atoms with Gasteiger partial charge in [0.15, 0.2) is 0 Å². The summed E-state index contributed by atoms with van der Waals surface area (Å²) in [6, 6.07) is 7.53. The number of carboxylic acid groups (broad SMARTS) is 1. The van der Waals surface area contributed by atoms with Gasteiger partial charge in [-0.15, -0.1) is 0 Å². The Kier molecular flexibility index (Phi) is 8.01. The third-order valence-corrected chi connectivity index (χ3v) is 5.88. The van der Waals surface area contributed by atoms with E-state index in [-0.39, 0.29) is 30.5 Å². The van der Waals surface area contributed by atoms with Gasteiger partial charge in [-0.1, -0.05) is 30.4 Å². The van der Waals surface area contributed by atoms with Crippen LogP contribution in [0.1, 0.15) is 50.5 Å². The lowest BCUT2D eigenvalue weighted by atomic mass is 9.86. The number of para-hydroxylation sites is 1. The first-order chi connectivity index (χ1) is 14.5. The molecule has 0 radical (unpaired) electrons. The Bertz CT molecular complexity index is 760. The maximum atomic E-state index is 12.3. The van der Waals surface area contributed by atoms with Gasteiger partial charge in [-0.25, -0.2) is 0 Å². The molecule has 0 unspecified atom stereocenters. The summed E-state index contributed by atoms with van der Waals surface area (Å²) >= 11 is 0. The molecule has 1 aromatic carbocycles. The van der Waals surface area contributed by atoms with Gasteiger partial charge in [-0.3, -0.25) is 9.59 Å². The second-order valence-electron chi connectivity index (χ2n) is 8.05. The van der Waals surface area contributed by atoms with Crippen LogP contribution < -0.4 is 4.74 Å². The number of ketones is 1. The van der Waals surface area contributed by atoms with Crippen molar-refractivity contribution in [2.75, 3.05) is 0 Å². The number of carbonyl (C=O) groups excluding carboxylic acids is 1. The highest BCUT2D eigenvalue weighted by molar-refractivity contribution is 5.84. The highest BCUT2D eigenvalue weighted by Gasteiger charge is 2.41. The van der Waals surface area contributed by atoms with E-state index in [0.717, 1.165) is 5.56 Å². The topological polar surface area (TPSA) is 113 Å². The highest BCUT2D eigenvalue weighted by Crippen LogP contribution is 2.36. The van der Waals surface area contributed by atoms with Crippen molar-refractivity contribution >= 4 is 11.8 Å². The van der Waals surface area contributed by atoms with Crippen LogP contribution in [0.15, 0.2) is 36.4 Å². The van der Waals surface area contributed by atoms with E-state index >= 15 is 0 Å². The molecule has 0 saturated heterocycles. The number of aliphatic hydroxyl groups is 2. The first-order valence-corrected chi connectivity index (χ1v) is 10.6. The van der Waals surface area contributed by atoms with Crippen LogP contribution >= 0.6 is 0 Å². The first-order valence-electron chi connectivity index (χ1n) is 10.6. The van der Waals surface area contributed by atoms with Crippen molar-refractivity contribution in [2.24, 2.45) is 11.8 Å². The number of carbonyl (C=O) groups is 2. The molecule has 0 bridgehead atoms. The van der Waals surface area contributed by atoms with Crippen molar-refractivity contribution in [1.82, 2.24) is 0 Å². The van der Waals surface area contributed by atoms with E-state index in [1.165, 1.54) is 0 Å².